The third kappa shape index (κ3) is 3.53. The molecule has 0 saturated carbocycles. The summed E-state index contributed by atoms with van der Waals surface area (Å²) in [6.07, 6.45) is 0.421. The molecule has 0 unspecified atom stereocenters. The molecule has 0 radical (unpaired) electrons. The zero-order valence-electron chi connectivity index (χ0n) is 12.5. The summed E-state index contributed by atoms with van der Waals surface area (Å²) in [5.74, 6) is 0. The zero-order valence-corrected chi connectivity index (χ0v) is 12.5. The van der Waals surface area contributed by atoms with Gasteiger partial charge < -0.3 is 15.0 Å². The van der Waals surface area contributed by atoms with Crippen molar-refractivity contribution in [3.05, 3.63) is 35.5 Å². The number of benzene rings is 1. The molecule has 0 aliphatic heterocycles. The van der Waals surface area contributed by atoms with Crippen LogP contribution in [0.4, 0.5) is 4.79 Å². The average molecular weight is 274 g/mol. The van der Waals surface area contributed by atoms with Crippen molar-refractivity contribution in [1.29, 1.82) is 0 Å². The van der Waals surface area contributed by atoms with Crippen LogP contribution in [0.2, 0.25) is 0 Å². The minimum atomic E-state index is -0.458. The van der Waals surface area contributed by atoms with Crippen LogP contribution in [0.1, 0.15) is 32.0 Å². The molecule has 0 atom stereocenters. The molecule has 1 heterocycles. The molecule has 108 valence electrons. The van der Waals surface area contributed by atoms with Crippen LogP contribution in [0.5, 0.6) is 0 Å². The van der Waals surface area contributed by atoms with Crippen molar-refractivity contribution in [1.82, 2.24) is 10.3 Å². The SMILES string of the molecule is Cc1[nH]c2ccccc2c1CCNC(=O)OC(C)(C)C. The Bertz CT molecular complexity index is 608. The number of aryl methyl sites for hydroxylation is 1. The Morgan fingerprint density at radius 1 is 1.30 bits per heavy atom. The predicted octanol–water partition coefficient (Wildman–Crippen LogP) is 3.54. The van der Waals surface area contributed by atoms with Crippen LogP contribution in [0.3, 0.4) is 0 Å². The maximum atomic E-state index is 11.6. The van der Waals surface area contributed by atoms with Gasteiger partial charge in [0.1, 0.15) is 5.60 Å². The first kappa shape index (κ1) is 14.4. The molecule has 1 amide bonds. The number of aromatic amines is 1. The minimum absolute atomic E-state index is 0.366. The first-order chi connectivity index (χ1) is 9.37. The Morgan fingerprint density at radius 2 is 2.00 bits per heavy atom. The highest BCUT2D eigenvalue weighted by Crippen LogP contribution is 2.21. The summed E-state index contributed by atoms with van der Waals surface area (Å²) < 4.78 is 5.22. The van der Waals surface area contributed by atoms with E-state index in [1.807, 2.05) is 32.9 Å². The number of hydrogen-bond acceptors (Lipinski definition) is 2. The van der Waals surface area contributed by atoms with Gasteiger partial charge in [-0.05, 0) is 45.7 Å². The van der Waals surface area contributed by atoms with Crippen molar-refractivity contribution in [3.63, 3.8) is 0 Å². The third-order valence-corrected chi connectivity index (χ3v) is 3.07. The van der Waals surface area contributed by atoms with E-state index in [4.69, 9.17) is 4.74 Å². The van der Waals surface area contributed by atoms with Crippen molar-refractivity contribution < 1.29 is 9.53 Å². The number of ether oxygens (including phenoxy) is 1. The molecule has 0 bridgehead atoms. The van der Waals surface area contributed by atoms with Crippen LogP contribution >= 0.6 is 0 Å². The maximum Gasteiger partial charge on any atom is 0.407 e. The van der Waals surface area contributed by atoms with Crippen LogP contribution < -0.4 is 5.32 Å². The largest absolute Gasteiger partial charge is 0.444 e. The number of hydrogen-bond donors (Lipinski definition) is 2. The van der Waals surface area contributed by atoms with Gasteiger partial charge in [-0.25, -0.2) is 4.79 Å². The summed E-state index contributed by atoms with van der Waals surface area (Å²) in [6, 6.07) is 8.20. The molecule has 0 aliphatic rings. The lowest BCUT2D eigenvalue weighted by atomic mass is 10.1. The second-order valence-electron chi connectivity index (χ2n) is 5.95. The van der Waals surface area contributed by atoms with Crippen LogP contribution in [-0.2, 0) is 11.2 Å². The van der Waals surface area contributed by atoms with E-state index < -0.39 is 5.60 Å². The van der Waals surface area contributed by atoms with E-state index in [0.29, 0.717) is 6.54 Å². The maximum absolute atomic E-state index is 11.6. The highest BCUT2D eigenvalue weighted by Gasteiger charge is 2.16. The number of aromatic nitrogens is 1. The van der Waals surface area contributed by atoms with E-state index in [0.717, 1.165) is 17.6 Å². The van der Waals surface area contributed by atoms with E-state index in [2.05, 4.69) is 29.4 Å². The average Bonchev–Trinajstić information content (AvgIpc) is 2.64. The number of carbonyl (C=O) groups is 1. The lowest BCUT2D eigenvalue weighted by Crippen LogP contribution is -2.33. The highest BCUT2D eigenvalue weighted by atomic mass is 16.6. The monoisotopic (exact) mass is 274 g/mol. The normalized spacial score (nSPS) is 11.6. The van der Waals surface area contributed by atoms with Gasteiger partial charge in [-0.15, -0.1) is 0 Å². The van der Waals surface area contributed by atoms with E-state index >= 15 is 0 Å². The summed E-state index contributed by atoms with van der Waals surface area (Å²) in [6.45, 7) is 8.20. The molecule has 1 aromatic heterocycles. The van der Waals surface area contributed by atoms with Gasteiger partial charge >= 0.3 is 6.09 Å². The first-order valence-corrected chi connectivity index (χ1v) is 6.90. The molecular weight excluding hydrogens is 252 g/mol. The number of H-pyrrole nitrogens is 1. The van der Waals surface area contributed by atoms with Gasteiger partial charge in [0.25, 0.3) is 0 Å². The molecule has 4 heteroatoms. The summed E-state index contributed by atoms with van der Waals surface area (Å²) in [5, 5.41) is 4.01. The van der Waals surface area contributed by atoms with Crippen LogP contribution in [0, 0.1) is 6.92 Å². The quantitative estimate of drug-likeness (QED) is 0.899. The molecule has 2 aromatic rings. The molecular formula is C16H22N2O2. The summed E-state index contributed by atoms with van der Waals surface area (Å²) in [7, 11) is 0. The Hall–Kier alpha value is -1.97. The van der Waals surface area contributed by atoms with E-state index in [1.165, 1.54) is 10.9 Å². The Kier molecular flexibility index (Phi) is 4.02. The zero-order chi connectivity index (χ0) is 14.8. The van der Waals surface area contributed by atoms with E-state index in [9.17, 15) is 4.79 Å². The van der Waals surface area contributed by atoms with Crippen molar-refractivity contribution >= 4 is 17.0 Å². The fourth-order valence-corrected chi connectivity index (χ4v) is 2.26. The lowest BCUT2D eigenvalue weighted by molar-refractivity contribution is 0.0528. The standard InChI is InChI=1S/C16H22N2O2/c1-11-12(13-7-5-6-8-14(13)18-11)9-10-17-15(19)20-16(2,3)4/h5-8,18H,9-10H2,1-4H3,(H,17,19). The van der Waals surface area contributed by atoms with Crippen molar-refractivity contribution in [2.75, 3.05) is 6.54 Å². The molecule has 0 fully saturated rings. The Balaban J connectivity index is 1.96. The molecule has 0 spiro atoms. The van der Waals surface area contributed by atoms with Crippen molar-refractivity contribution in [2.45, 2.75) is 39.7 Å². The van der Waals surface area contributed by atoms with Crippen LogP contribution in [-0.4, -0.2) is 23.2 Å². The lowest BCUT2D eigenvalue weighted by Gasteiger charge is -2.19. The fraction of sp³-hybridized carbons (Fsp3) is 0.438. The predicted molar refractivity (Wildman–Crippen MR) is 81.0 cm³/mol. The molecule has 0 saturated heterocycles. The third-order valence-electron chi connectivity index (χ3n) is 3.07. The highest BCUT2D eigenvalue weighted by molar-refractivity contribution is 5.84. The van der Waals surface area contributed by atoms with Crippen molar-refractivity contribution in [3.8, 4) is 0 Å². The van der Waals surface area contributed by atoms with E-state index in [-0.39, 0.29) is 6.09 Å². The van der Waals surface area contributed by atoms with Gasteiger partial charge in [0.15, 0.2) is 0 Å². The molecule has 2 N–H and O–H groups in total. The Morgan fingerprint density at radius 3 is 2.70 bits per heavy atom. The molecule has 2 rings (SSSR count). The second kappa shape index (κ2) is 5.57. The van der Waals surface area contributed by atoms with Gasteiger partial charge in [0.2, 0.25) is 0 Å². The molecule has 4 nitrogen and oxygen atoms in total. The van der Waals surface area contributed by atoms with Crippen molar-refractivity contribution in [2.24, 2.45) is 0 Å². The summed E-state index contributed by atoms with van der Waals surface area (Å²) in [5.41, 5.74) is 3.08. The van der Waals surface area contributed by atoms with E-state index in [1.54, 1.807) is 0 Å². The topological polar surface area (TPSA) is 54.1 Å². The van der Waals surface area contributed by atoms with Crippen LogP contribution in [0.25, 0.3) is 10.9 Å². The van der Waals surface area contributed by atoms with Gasteiger partial charge in [-0.3, -0.25) is 0 Å². The molecule has 20 heavy (non-hydrogen) atoms. The number of para-hydroxylation sites is 1. The number of fused-ring (bicyclic) bond motifs is 1. The summed E-state index contributed by atoms with van der Waals surface area (Å²) in [4.78, 5) is 15.0. The second-order valence-corrected chi connectivity index (χ2v) is 5.95. The first-order valence-electron chi connectivity index (χ1n) is 6.90. The number of alkyl carbamates (subject to hydrolysis) is 1. The summed E-state index contributed by atoms with van der Waals surface area (Å²) >= 11 is 0. The number of amides is 1. The fourth-order valence-electron chi connectivity index (χ4n) is 2.26. The van der Waals surface area contributed by atoms with Gasteiger partial charge in [0, 0.05) is 23.1 Å². The smallest absolute Gasteiger partial charge is 0.407 e. The molecule has 1 aromatic carbocycles. The number of nitrogens with one attached hydrogen (secondary N) is 2. The Labute approximate surface area is 119 Å². The van der Waals surface area contributed by atoms with Gasteiger partial charge in [0.05, 0.1) is 0 Å². The van der Waals surface area contributed by atoms with Crippen LogP contribution in [0.15, 0.2) is 24.3 Å². The number of rotatable bonds is 3. The molecule has 0 aliphatic carbocycles. The minimum Gasteiger partial charge on any atom is -0.444 e. The van der Waals surface area contributed by atoms with Gasteiger partial charge in [-0.2, -0.15) is 0 Å². The van der Waals surface area contributed by atoms with Gasteiger partial charge in [-0.1, -0.05) is 18.2 Å². The number of carbonyl (C=O) groups excluding carboxylic acids is 1.